The third-order valence-electron chi connectivity index (χ3n) is 3.57. The number of para-hydroxylation sites is 2. The van der Waals surface area contributed by atoms with Gasteiger partial charge in [0.2, 0.25) is 5.91 Å². The van der Waals surface area contributed by atoms with Crippen LogP contribution in [0.15, 0.2) is 65.1 Å². The van der Waals surface area contributed by atoms with Gasteiger partial charge in [-0.25, -0.2) is 0 Å². The zero-order chi connectivity index (χ0) is 16.8. The standard InChI is InChI=1S/C20H19NO3/c1-2-23-18-9-5-4-8-16(18)14-21-20(22)12-11-17-13-15-7-3-6-10-19(15)24-17/h3-13H,2,14H2,1H3,(H,21,22). The van der Waals surface area contributed by atoms with E-state index in [0.29, 0.717) is 18.9 Å². The Labute approximate surface area is 140 Å². The highest BCUT2D eigenvalue weighted by Crippen LogP contribution is 2.20. The Balaban J connectivity index is 1.61. The number of fused-ring (bicyclic) bond motifs is 1. The lowest BCUT2D eigenvalue weighted by Gasteiger charge is -2.09. The predicted molar refractivity (Wildman–Crippen MR) is 94.7 cm³/mol. The molecule has 24 heavy (non-hydrogen) atoms. The number of ether oxygens (including phenoxy) is 1. The van der Waals surface area contributed by atoms with E-state index in [1.165, 1.54) is 6.08 Å². The smallest absolute Gasteiger partial charge is 0.244 e. The van der Waals surface area contributed by atoms with E-state index >= 15 is 0 Å². The van der Waals surface area contributed by atoms with Crippen molar-refractivity contribution in [3.05, 3.63) is 72.0 Å². The van der Waals surface area contributed by atoms with E-state index < -0.39 is 0 Å². The van der Waals surface area contributed by atoms with E-state index in [-0.39, 0.29) is 5.91 Å². The van der Waals surface area contributed by atoms with Crippen LogP contribution < -0.4 is 10.1 Å². The molecule has 1 aromatic heterocycles. The Morgan fingerprint density at radius 1 is 1.17 bits per heavy atom. The lowest BCUT2D eigenvalue weighted by molar-refractivity contribution is -0.116. The van der Waals surface area contributed by atoms with Crippen molar-refractivity contribution in [3.63, 3.8) is 0 Å². The van der Waals surface area contributed by atoms with Crippen LogP contribution in [-0.2, 0) is 11.3 Å². The largest absolute Gasteiger partial charge is 0.494 e. The van der Waals surface area contributed by atoms with Gasteiger partial charge in [-0.2, -0.15) is 0 Å². The van der Waals surface area contributed by atoms with Crippen LogP contribution in [0.1, 0.15) is 18.2 Å². The molecule has 0 aliphatic rings. The van der Waals surface area contributed by atoms with Crippen molar-refractivity contribution in [2.75, 3.05) is 6.61 Å². The van der Waals surface area contributed by atoms with E-state index in [2.05, 4.69) is 5.32 Å². The Morgan fingerprint density at radius 2 is 1.96 bits per heavy atom. The molecule has 0 saturated carbocycles. The summed E-state index contributed by atoms with van der Waals surface area (Å²) in [6.07, 6.45) is 3.14. The maximum atomic E-state index is 12.0. The second kappa shape index (κ2) is 7.51. The average molecular weight is 321 g/mol. The molecule has 3 rings (SSSR count). The summed E-state index contributed by atoms with van der Waals surface area (Å²) in [5, 5.41) is 3.87. The first-order valence-electron chi connectivity index (χ1n) is 7.91. The van der Waals surface area contributed by atoms with Gasteiger partial charge in [0.05, 0.1) is 6.61 Å². The second-order valence-corrected chi connectivity index (χ2v) is 5.28. The minimum absolute atomic E-state index is 0.179. The molecule has 3 aromatic rings. The van der Waals surface area contributed by atoms with Gasteiger partial charge in [-0.1, -0.05) is 36.4 Å². The number of nitrogens with one attached hydrogen (secondary N) is 1. The molecular weight excluding hydrogens is 302 g/mol. The number of rotatable bonds is 6. The molecule has 1 N–H and O–H groups in total. The Hall–Kier alpha value is -3.01. The fraction of sp³-hybridized carbons (Fsp3) is 0.150. The molecule has 4 heteroatoms. The molecule has 0 spiro atoms. The first kappa shape index (κ1) is 15.9. The molecule has 4 nitrogen and oxygen atoms in total. The molecule has 0 aliphatic carbocycles. The molecular formula is C20H19NO3. The molecule has 0 unspecified atom stereocenters. The van der Waals surface area contributed by atoms with E-state index in [4.69, 9.17) is 9.15 Å². The third kappa shape index (κ3) is 3.84. The van der Waals surface area contributed by atoms with Gasteiger partial charge >= 0.3 is 0 Å². The SMILES string of the molecule is CCOc1ccccc1CNC(=O)C=Cc1cc2ccccc2o1. The fourth-order valence-electron chi connectivity index (χ4n) is 2.43. The number of hydrogen-bond donors (Lipinski definition) is 1. The van der Waals surface area contributed by atoms with Crippen molar-refractivity contribution >= 4 is 23.0 Å². The van der Waals surface area contributed by atoms with Crippen LogP contribution >= 0.6 is 0 Å². The van der Waals surface area contributed by atoms with Crippen LogP contribution in [0.3, 0.4) is 0 Å². The summed E-state index contributed by atoms with van der Waals surface area (Å²) in [4.78, 5) is 12.0. The highest BCUT2D eigenvalue weighted by atomic mass is 16.5. The summed E-state index contributed by atoms with van der Waals surface area (Å²) < 4.78 is 11.2. The Kier molecular flexibility index (Phi) is 4.96. The first-order chi connectivity index (χ1) is 11.8. The monoisotopic (exact) mass is 321 g/mol. The van der Waals surface area contributed by atoms with Crippen LogP contribution in [0.4, 0.5) is 0 Å². The number of benzene rings is 2. The van der Waals surface area contributed by atoms with Crippen LogP contribution in [0.2, 0.25) is 0 Å². The van der Waals surface area contributed by atoms with E-state index in [1.54, 1.807) is 6.08 Å². The van der Waals surface area contributed by atoms with Crippen LogP contribution in [0, 0.1) is 0 Å². The van der Waals surface area contributed by atoms with Gasteiger partial charge in [0.25, 0.3) is 0 Å². The summed E-state index contributed by atoms with van der Waals surface area (Å²) in [6.45, 7) is 2.95. The van der Waals surface area contributed by atoms with Gasteiger partial charge in [-0.05, 0) is 31.2 Å². The maximum Gasteiger partial charge on any atom is 0.244 e. The van der Waals surface area contributed by atoms with Crippen LogP contribution in [0.5, 0.6) is 5.75 Å². The van der Waals surface area contributed by atoms with Gasteiger partial charge in [0, 0.05) is 23.6 Å². The average Bonchev–Trinajstić information content (AvgIpc) is 3.02. The van der Waals surface area contributed by atoms with Crippen molar-refractivity contribution in [3.8, 4) is 5.75 Å². The second-order valence-electron chi connectivity index (χ2n) is 5.28. The zero-order valence-corrected chi connectivity index (χ0v) is 13.5. The molecule has 0 saturated heterocycles. The number of carbonyl (C=O) groups excluding carboxylic acids is 1. The van der Waals surface area contributed by atoms with E-state index in [1.807, 2.05) is 61.5 Å². The molecule has 0 fully saturated rings. The summed E-state index contributed by atoms with van der Waals surface area (Å²) in [7, 11) is 0. The molecule has 0 radical (unpaired) electrons. The third-order valence-corrected chi connectivity index (χ3v) is 3.57. The van der Waals surface area contributed by atoms with Crippen molar-refractivity contribution in [1.82, 2.24) is 5.32 Å². The molecule has 0 bridgehead atoms. The lowest BCUT2D eigenvalue weighted by Crippen LogP contribution is -2.20. The van der Waals surface area contributed by atoms with Gasteiger partial charge in [-0.15, -0.1) is 0 Å². The van der Waals surface area contributed by atoms with Gasteiger partial charge in [-0.3, -0.25) is 4.79 Å². The highest BCUT2D eigenvalue weighted by molar-refractivity contribution is 5.92. The van der Waals surface area contributed by atoms with Crippen molar-refractivity contribution in [1.29, 1.82) is 0 Å². The molecule has 0 atom stereocenters. The Bertz CT molecular complexity index is 831. The molecule has 0 aliphatic heterocycles. The minimum atomic E-state index is -0.179. The van der Waals surface area contributed by atoms with Gasteiger partial charge in [0.1, 0.15) is 17.1 Å². The predicted octanol–water partition coefficient (Wildman–Crippen LogP) is 4.16. The van der Waals surface area contributed by atoms with Crippen LogP contribution in [0.25, 0.3) is 17.0 Å². The number of furan rings is 1. The minimum Gasteiger partial charge on any atom is -0.494 e. The van der Waals surface area contributed by atoms with Crippen LogP contribution in [-0.4, -0.2) is 12.5 Å². The molecule has 2 aromatic carbocycles. The molecule has 122 valence electrons. The summed E-state index contributed by atoms with van der Waals surface area (Å²) in [5.74, 6) is 1.27. The topological polar surface area (TPSA) is 51.5 Å². The quantitative estimate of drug-likeness (QED) is 0.694. The summed E-state index contributed by atoms with van der Waals surface area (Å²) in [5.41, 5.74) is 1.76. The fourth-order valence-corrected chi connectivity index (χ4v) is 2.43. The highest BCUT2D eigenvalue weighted by Gasteiger charge is 2.04. The number of carbonyl (C=O) groups is 1. The number of hydrogen-bond acceptors (Lipinski definition) is 3. The summed E-state index contributed by atoms with van der Waals surface area (Å²) in [6, 6.07) is 17.3. The van der Waals surface area contributed by atoms with Crippen molar-refractivity contribution < 1.29 is 13.9 Å². The Morgan fingerprint density at radius 3 is 2.79 bits per heavy atom. The van der Waals surface area contributed by atoms with Crippen molar-refractivity contribution in [2.45, 2.75) is 13.5 Å². The van der Waals surface area contributed by atoms with E-state index in [9.17, 15) is 4.79 Å². The number of amides is 1. The zero-order valence-electron chi connectivity index (χ0n) is 13.5. The first-order valence-corrected chi connectivity index (χ1v) is 7.91. The molecule has 1 amide bonds. The van der Waals surface area contributed by atoms with Crippen molar-refractivity contribution in [2.24, 2.45) is 0 Å². The normalized spacial score (nSPS) is 11.0. The maximum absolute atomic E-state index is 12.0. The lowest BCUT2D eigenvalue weighted by atomic mass is 10.2. The van der Waals surface area contributed by atoms with Gasteiger partial charge in [0.15, 0.2) is 0 Å². The van der Waals surface area contributed by atoms with E-state index in [0.717, 1.165) is 22.3 Å². The summed E-state index contributed by atoms with van der Waals surface area (Å²) >= 11 is 0. The van der Waals surface area contributed by atoms with Gasteiger partial charge < -0.3 is 14.5 Å². The molecule has 1 heterocycles.